The molecule has 0 aliphatic rings. The minimum Gasteiger partial charge on any atom is -0.325 e. The van der Waals surface area contributed by atoms with Crippen molar-refractivity contribution in [1.29, 1.82) is 0 Å². The summed E-state index contributed by atoms with van der Waals surface area (Å²) in [7, 11) is 0. The van der Waals surface area contributed by atoms with Gasteiger partial charge < -0.3 is 5.32 Å². The molecule has 1 aromatic carbocycles. The number of Topliss-reactive ketones (excluding diaryl/α,β-unsaturated/α-hetero) is 1. The molecule has 0 aliphatic heterocycles. The predicted octanol–water partition coefficient (Wildman–Crippen LogP) is 5.08. The van der Waals surface area contributed by atoms with Gasteiger partial charge in [-0.2, -0.15) is 0 Å². The van der Waals surface area contributed by atoms with Crippen molar-refractivity contribution in [1.82, 2.24) is 14.8 Å². The zero-order valence-electron chi connectivity index (χ0n) is 17.1. The number of benzene rings is 1. The number of carbonyl (C=O) groups is 2. The maximum Gasteiger partial charge on any atom is 0.234 e. The van der Waals surface area contributed by atoms with Crippen LogP contribution in [0.3, 0.4) is 0 Å². The molecular weight excluding hydrogens is 416 g/mol. The fourth-order valence-corrected chi connectivity index (χ4v) is 4.64. The van der Waals surface area contributed by atoms with E-state index in [1.165, 1.54) is 23.6 Å². The summed E-state index contributed by atoms with van der Waals surface area (Å²) in [6.07, 6.45) is 3.95. The number of nitrogens with zero attached hydrogens (tertiary/aromatic N) is 3. The van der Waals surface area contributed by atoms with E-state index in [0.29, 0.717) is 23.0 Å². The number of carbonyl (C=O) groups excluding carboxylic acids is 2. The van der Waals surface area contributed by atoms with Gasteiger partial charge in [-0.05, 0) is 31.5 Å². The average Bonchev–Trinajstić information content (AvgIpc) is 3.34. The Morgan fingerprint density at radius 3 is 2.87 bits per heavy atom. The molecule has 0 unspecified atom stereocenters. The summed E-state index contributed by atoms with van der Waals surface area (Å²) in [4.78, 5) is 25.2. The van der Waals surface area contributed by atoms with Crippen LogP contribution >= 0.6 is 23.1 Å². The van der Waals surface area contributed by atoms with Crippen molar-refractivity contribution in [3.05, 3.63) is 58.8 Å². The van der Waals surface area contributed by atoms with Gasteiger partial charge in [0, 0.05) is 33.6 Å². The van der Waals surface area contributed by atoms with E-state index in [-0.39, 0.29) is 17.4 Å². The molecule has 0 bridgehead atoms. The average molecular weight is 441 g/mol. The maximum atomic E-state index is 12.4. The van der Waals surface area contributed by atoms with Gasteiger partial charge in [-0.25, -0.2) is 0 Å². The summed E-state index contributed by atoms with van der Waals surface area (Å²) in [6, 6.07) is 9.06. The van der Waals surface area contributed by atoms with Crippen molar-refractivity contribution in [2.45, 2.75) is 38.4 Å². The van der Waals surface area contributed by atoms with Crippen molar-refractivity contribution in [3.8, 4) is 11.4 Å². The van der Waals surface area contributed by atoms with Crippen molar-refractivity contribution in [3.63, 3.8) is 0 Å². The molecule has 30 heavy (non-hydrogen) atoms. The minimum absolute atomic E-state index is 0.0407. The van der Waals surface area contributed by atoms with E-state index in [0.717, 1.165) is 24.2 Å². The standard InChI is InChI=1S/C22H24N4O2S2/c1-4-7-19-12-17(13-29-19)21-24-25-22(26(21)10-5-2)30-14-20(28)23-18-9-6-8-16(11-18)15(3)27/h5-6,8-9,11-13H,2,4,7,10,14H2,1,3H3,(H,23,28). The lowest BCUT2D eigenvalue weighted by Crippen LogP contribution is -2.15. The first kappa shape index (κ1) is 22.0. The van der Waals surface area contributed by atoms with Crippen LogP contribution in [-0.4, -0.2) is 32.2 Å². The van der Waals surface area contributed by atoms with E-state index >= 15 is 0 Å². The van der Waals surface area contributed by atoms with E-state index in [1.807, 2.05) is 4.57 Å². The van der Waals surface area contributed by atoms with Gasteiger partial charge in [0.2, 0.25) is 5.91 Å². The monoisotopic (exact) mass is 440 g/mol. The fraction of sp³-hybridized carbons (Fsp3) is 0.273. The quantitative estimate of drug-likeness (QED) is 0.270. The number of nitrogens with one attached hydrogen (secondary N) is 1. The number of hydrogen-bond donors (Lipinski definition) is 1. The highest BCUT2D eigenvalue weighted by molar-refractivity contribution is 7.99. The molecule has 3 rings (SSSR count). The van der Waals surface area contributed by atoms with Gasteiger partial charge in [-0.15, -0.1) is 28.1 Å². The molecule has 0 saturated carbocycles. The molecule has 2 aromatic heterocycles. The van der Waals surface area contributed by atoms with Gasteiger partial charge in [-0.1, -0.05) is 43.3 Å². The molecule has 0 fully saturated rings. The van der Waals surface area contributed by atoms with Crippen molar-refractivity contribution in [2.24, 2.45) is 0 Å². The SMILES string of the molecule is C=CCn1c(SCC(=O)Nc2cccc(C(C)=O)c2)nnc1-c1csc(CCC)c1. The molecule has 8 heteroatoms. The summed E-state index contributed by atoms with van der Waals surface area (Å²) in [5.74, 6) is 0.757. The van der Waals surface area contributed by atoms with Crippen LogP contribution in [0.4, 0.5) is 5.69 Å². The number of thiophene rings is 1. The fourth-order valence-electron chi connectivity index (χ4n) is 2.92. The minimum atomic E-state index is -0.170. The van der Waals surface area contributed by atoms with Gasteiger partial charge in [0.25, 0.3) is 0 Å². The number of amides is 1. The van der Waals surface area contributed by atoms with E-state index in [2.05, 4.69) is 40.5 Å². The normalized spacial score (nSPS) is 10.7. The molecular formula is C22H24N4O2S2. The van der Waals surface area contributed by atoms with Crippen LogP contribution in [0.25, 0.3) is 11.4 Å². The van der Waals surface area contributed by atoms with Crippen molar-refractivity contribution >= 4 is 40.5 Å². The summed E-state index contributed by atoms with van der Waals surface area (Å²) in [5.41, 5.74) is 2.20. The Bertz CT molecular complexity index is 1060. The molecule has 2 heterocycles. The number of rotatable bonds is 10. The molecule has 0 spiro atoms. The lowest BCUT2D eigenvalue weighted by molar-refractivity contribution is -0.113. The first-order chi connectivity index (χ1) is 14.5. The number of thioether (sulfide) groups is 1. The van der Waals surface area contributed by atoms with Gasteiger partial charge in [0.1, 0.15) is 0 Å². The van der Waals surface area contributed by atoms with E-state index < -0.39 is 0 Å². The second-order valence-electron chi connectivity index (χ2n) is 6.73. The Morgan fingerprint density at radius 2 is 2.13 bits per heavy atom. The number of anilines is 1. The van der Waals surface area contributed by atoms with Crippen LogP contribution in [-0.2, 0) is 17.8 Å². The molecule has 3 aromatic rings. The molecule has 0 aliphatic carbocycles. The number of aromatic nitrogens is 3. The third-order valence-corrected chi connectivity index (χ3v) is 6.29. The highest BCUT2D eigenvalue weighted by atomic mass is 32.2. The summed E-state index contributed by atoms with van der Waals surface area (Å²) in [5, 5.41) is 14.2. The first-order valence-electron chi connectivity index (χ1n) is 9.67. The molecule has 0 radical (unpaired) electrons. The van der Waals surface area contributed by atoms with E-state index in [1.54, 1.807) is 41.7 Å². The zero-order chi connectivity index (χ0) is 21.5. The molecule has 1 amide bonds. The third-order valence-electron chi connectivity index (χ3n) is 4.32. The van der Waals surface area contributed by atoms with Crippen LogP contribution in [0.5, 0.6) is 0 Å². The first-order valence-corrected chi connectivity index (χ1v) is 11.5. The predicted molar refractivity (Wildman–Crippen MR) is 123 cm³/mol. The summed E-state index contributed by atoms with van der Waals surface area (Å²) >= 11 is 3.05. The van der Waals surface area contributed by atoms with E-state index in [9.17, 15) is 9.59 Å². The summed E-state index contributed by atoms with van der Waals surface area (Å²) < 4.78 is 1.97. The van der Waals surface area contributed by atoms with Gasteiger partial charge in [0.15, 0.2) is 16.8 Å². The topological polar surface area (TPSA) is 76.9 Å². The second-order valence-corrected chi connectivity index (χ2v) is 8.67. The van der Waals surface area contributed by atoms with Crippen molar-refractivity contribution < 1.29 is 9.59 Å². The van der Waals surface area contributed by atoms with E-state index in [4.69, 9.17) is 0 Å². The highest BCUT2D eigenvalue weighted by Crippen LogP contribution is 2.28. The smallest absolute Gasteiger partial charge is 0.234 e. The lowest BCUT2D eigenvalue weighted by atomic mass is 10.1. The lowest BCUT2D eigenvalue weighted by Gasteiger charge is -2.08. The zero-order valence-corrected chi connectivity index (χ0v) is 18.7. The van der Waals surface area contributed by atoms with Gasteiger partial charge in [-0.3, -0.25) is 14.2 Å². The Balaban J connectivity index is 1.69. The Hall–Kier alpha value is -2.71. The number of allylic oxidation sites excluding steroid dienone is 1. The third kappa shape index (κ3) is 5.46. The van der Waals surface area contributed by atoms with Gasteiger partial charge in [0.05, 0.1) is 5.75 Å². The largest absolute Gasteiger partial charge is 0.325 e. The molecule has 156 valence electrons. The molecule has 0 saturated heterocycles. The Labute approximate surface area is 184 Å². The molecule has 1 N–H and O–H groups in total. The molecule has 0 atom stereocenters. The van der Waals surface area contributed by atoms with Crippen LogP contribution in [0.15, 0.2) is 53.5 Å². The second kappa shape index (κ2) is 10.4. The number of ketones is 1. The number of hydrogen-bond acceptors (Lipinski definition) is 6. The number of aryl methyl sites for hydroxylation is 1. The van der Waals surface area contributed by atoms with Crippen LogP contribution < -0.4 is 5.32 Å². The van der Waals surface area contributed by atoms with Crippen molar-refractivity contribution in [2.75, 3.05) is 11.1 Å². The summed E-state index contributed by atoms with van der Waals surface area (Å²) in [6.45, 7) is 8.05. The van der Waals surface area contributed by atoms with Crippen LogP contribution in [0.2, 0.25) is 0 Å². The molecule has 6 nitrogen and oxygen atoms in total. The van der Waals surface area contributed by atoms with Crippen LogP contribution in [0, 0.1) is 0 Å². The Morgan fingerprint density at radius 1 is 1.30 bits per heavy atom. The Kier molecular flexibility index (Phi) is 7.59. The maximum absolute atomic E-state index is 12.4. The highest BCUT2D eigenvalue weighted by Gasteiger charge is 2.16. The van der Waals surface area contributed by atoms with Crippen LogP contribution in [0.1, 0.15) is 35.5 Å². The van der Waals surface area contributed by atoms with Gasteiger partial charge >= 0.3 is 0 Å².